The van der Waals surface area contributed by atoms with Crippen molar-refractivity contribution in [3.8, 4) is 5.75 Å². The predicted octanol–water partition coefficient (Wildman–Crippen LogP) is 2.10. The summed E-state index contributed by atoms with van der Waals surface area (Å²) in [4.78, 5) is 22.6. The second-order valence-electron chi connectivity index (χ2n) is 4.40. The summed E-state index contributed by atoms with van der Waals surface area (Å²) < 4.78 is 11.8. The third kappa shape index (κ3) is 3.50. The Morgan fingerprint density at radius 1 is 1.33 bits per heavy atom. The number of carboxylic acids is 1. The number of nitrogens with zero attached hydrogens (tertiary/aromatic N) is 1. The first kappa shape index (κ1) is 15.3. The average molecular weight is 309 g/mol. The van der Waals surface area contributed by atoms with Gasteiger partial charge < -0.3 is 14.6 Å². The summed E-state index contributed by atoms with van der Waals surface area (Å²) >= 11 is 0.674. The first-order chi connectivity index (χ1) is 10.0. The molecule has 0 spiro atoms. The van der Waals surface area contributed by atoms with Crippen LogP contribution in [0.5, 0.6) is 5.75 Å². The topological polar surface area (TPSA) is 77.8 Å². The van der Waals surface area contributed by atoms with E-state index in [1.54, 1.807) is 12.1 Å². The number of aromatic carboxylic acids is 1. The van der Waals surface area contributed by atoms with Gasteiger partial charge in [-0.25, -0.2) is 4.79 Å². The lowest BCUT2D eigenvalue weighted by molar-refractivity contribution is 0.0696. The zero-order valence-electron chi connectivity index (χ0n) is 11.7. The predicted molar refractivity (Wildman–Crippen MR) is 78.1 cm³/mol. The molecule has 112 valence electrons. The molecule has 0 aliphatic heterocycles. The van der Waals surface area contributed by atoms with Gasteiger partial charge in [0.05, 0.1) is 5.69 Å². The van der Waals surface area contributed by atoms with E-state index < -0.39 is 5.97 Å². The summed E-state index contributed by atoms with van der Waals surface area (Å²) in [6.45, 7) is 1.95. The Labute approximate surface area is 125 Å². The van der Waals surface area contributed by atoms with Crippen LogP contribution >= 0.6 is 11.3 Å². The third-order valence-corrected chi connectivity index (χ3v) is 3.86. The van der Waals surface area contributed by atoms with Crippen molar-refractivity contribution in [2.75, 3.05) is 7.11 Å². The lowest BCUT2D eigenvalue weighted by Crippen LogP contribution is -2.19. The molecule has 0 atom stereocenters. The molecule has 0 radical (unpaired) electrons. The van der Waals surface area contributed by atoms with Crippen LogP contribution in [0.3, 0.4) is 0 Å². The Morgan fingerprint density at radius 3 is 2.57 bits per heavy atom. The summed E-state index contributed by atoms with van der Waals surface area (Å²) in [5.41, 5.74) is 1.40. The van der Waals surface area contributed by atoms with Crippen LogP contribution in [0.4, 0.5) is 0 Å². The maximum absolute atomic E-state index is 11.8. The highest BCUT2D eigenvalue weighted by molar-refractivity contribution is 7.11. The Kier molecular flexibility index (Phi) is 4.77. The maximum Gasteiger partial charge on any atom is 0.348 e. The van der Waals surface area contributed by atoms with E-state index in [1.807, 2.05) is 19.1 Å². The molecule has 0 bridgehead atoms. The number of ether oxygens (including phenoxy) is 2. The number of methoxy groups -OCH3 is 1. The molecule has 21 heavy (non-hydrogen) atoms. The fraction of sp³-hybridized carbons (Fsp3) is 0.286. The lowest BCUT2D eigenvalue weighted by Gasteiger charge is -2.10. The van der Waals surface area contributed by atoms with Crippen molar-refractivity contribution in [1.29, 1.82) is 0 Å². The first-order valence-electron chi connectivity index (χ1n) is 6.17. The summed E-state index contributed by atoms with van der Waals surface area (Å²) in [7, 11) is 1.44. The number of hydrogen-bond acceptors (Lipinski definition) is 5. The van der Waals surface area contributed by atoms with Gasteiger partial charge in [-0.3, -0.25) is 9.36 Å². The van der Waals surface area contributed by atoms with Gasteiger partial charge in [-0.1, -0.05) is 29.0 Å². The van der Waals surface area contributed by atoms with Gasteiger partial charge in [0.25, 0.3) is 0 Å². The standard InChI is InChI=1S/C14H15NO5S/c1-9-3-5-10(6-4-9)20-7-11-12(13(16)17)21-14(18)15(11)8-19-2/h3-6H,7-8H2,1-2H3,(H,16,17). The fourth-order valence-corrected chi connectivity index (χ4v) is 2.61. The van der Waals surface area contributed by atoms with Gasteiger partial charge in [-0.05, 0) is 19.1 Å². The highest BCUT2D eigenvalue weighted by Crippen LogP contribution is 2.18. The zero-order valence-corrected chi connectivity index (χ0v) is 12.5. The Morgan fingerprint density at radius 2 is 2.00 bits per heavy atom. The van der Waals surface area contributed by atoms with Gasteiger partial charge in [-0.2, -0.15) is 0 Å². The van der Waals surface area contributed by atoms with Crippen LogP contribution in [0.1, 0.15) is 20.9 Å². The summed E-state index contributed by atoms with van der Waals surface area (Å²) in [5.74, 6) is -0.533. The van der Waals surface area contributed by atoms with Gasteiger partial charge in [0.1, 0.15) is 24.0 Å². The number of benzene rings is 1. The second kappa shape index (κ2) is 6.55. The molecule has 0 saturated heterocycles. The number of thiazole rings is 1. The molecule has 6 nitrogen and oxygen atoms in total. The minimum absolute atomic E-state index is 0.00476. The number of hydrogen-bond donors (Lipinski definition) is 1. The van der Waals surface area contributed by atoms with Gasteiger partial charge in [0, 0.05) is 7.11 Å². The van der Waals surface area contributed by atoms with Crippen LogP contribution < -0.4 is 9.61 Å². The van der Waals surface area contributed by atoms with Crippen molar-refractivity contribution in [1.82, 2.24) is 4.57 Å². The van der Waals surface area contributed by atoms with Gasteiger partial charge in [0.15, 0.2) is 0 Å². The largest absolute Gasteiger partial charge is 0.487 e. The monoisotopic (exact) mass is 309 g/mol. The third-order valence-electron chi connectivity index (χ3n) is 2.85. The van der Waals surface area contributed by atoms with Gasteiger partial charge in [-0.15, -0.1) is 0 Å². The smallest absolute Gasteiger partial charge is 0.348 e. The number of aryl methyl sites for hydroxylation is 1. The first-order valence-corrected chi connectivity index (χ1v) is 6.98. The van der Waals surface area contributed by atoms with E-state index in [-0.39, 0.29) is 23.1 Å². The van der Waals surface area contributed by atoms with Crippen molar-refractivity contribution >= 4 is 17.3 Å². The highest BCUT2D eigenvalue weighted by Gasteiger charge is 2.20. The second-order valence-corrected chi connectivity index (χ2v) is 5.36. The van der Waals surface area contributed by atoms with E-state index in [4.69, 9.17) is 14.6 Å². The van der Waals surface area contributed by atoms with Crippen LogP contribution in [-0.2, 0) is 18.1 Å². The number of carboxylic acid groups (broad SMARTS) is 1. The van der Waals surface area contributed by atoms with Crippen LogP contribution in [0.15, 0.2) is 29.1 Å². The summed E-state index contributed by atoms with van der Waals surface area (Å²) in [5, 5.41) is 9.17. The molecule has 0 saturated carbocycles. The van der Waals surface area contributed by atoms with Crippen molar-refractivity contribution in [2.45, 2.75) is 20.3 Å². The molecule has 1 heterocycles. The molecule has 2 aromatic rings. The van der Waals surface area contributed by atoms with E-state index in [1.165, 1.54) is 11.7 Å². The van der Waals surface area contributed by atoms with Gasteiger partial charge in [0.2, 0.25) is 0 Å². The molecule has 1 aromatic carbocycles. The molecule has 7 heteroatoms. The fourth-order valence-electron chi connectivity index (χ4n) is 1.79. The van der Waals surface area contributed by atoms with E-state index in [2.05, 4.69) is 0 Å². The summed E-state index contributed by atoms with van der Waals surface area (Å²) in [6.07, 6.45) is 0. The molecule has 0 aliphatic carbocycles. The molecule has 2 rings (SSSR count). The normalized spacial score (nSPS) is 10.6. The minimum Gasteiger partial charge on any atom is -0.487 e. The van der Waals surface area contributed by atoms with Crippen LogP contribution in [0.2, 0.25) is 0 Å². The molecule has 1 aromatic heterocycles. The lowest BCUT2D eigenvalue weighted by atomic mass is 10.2. The van der Waals surface area contributed by atoms with E-state index in [0.29, 0.717) is 22.8 Å². The highest BCUT2D eigenvalue weighted by atomic mass is 32.1. The maximum atomic E-state index is 11.8. The van der Waals surface area contributed by atoms with Crippen molar-refractivity contribution in [3.05, 3.63) is 50.1 Å². The molecule has 0 amide bonds. The molecule has 0 fully saturated rings. The van der Waals surface area contributed by atoms with Crippen molar-refractivity contribution in [3.63, 3.8) is 0 Å². The van der Waals surface area contributed by atoms with Crippen molar-refractivity contribution < 1.29 is 19.4 Å². The van der Waals surface area contributed by atoms with E-state index >= 15 is 0 Å². The Balaban J connectivity index is 2.27. The molecular formula is C14H15NO5S. The van der Waals surface area contributed by atoms with Crippen LogP contribution in [0, 0.1) is 6.92 Å². The van der Waals surface area contributed by atoms with Gasteiger partial charge >= 0.3 is 10.8 Å². The Hall–Kier alpha value is -2.12. The van der Waals surface area contributed by atoms with Crippen molar-refractivity contribution in [2.24, 2.45) is 0 Å². The Bertz CT molecular complexity index is 686. The SMILES string of the molecule is COCn1c(COc2ccc(C)cc2)c(C(=O)O)sc1=O. The molecular weight excluding hydrogens is 294 g/mol. The van der Waals surface area contributed by atoms with E-state index in [0.717, 1.165) is 5.56 Å². The number of carbonyl (C=O) groups is 1. The minimum atomic E-state index is -1.14. The zero-order chi connectivity index (χ0) is 15.4. The average Bonchev–Trinajstić information content (AvgIpc) is 2.76. The summed E-state index contributed by atoms with van der Waals surface area (Å²) in [6, 6.07) is 7.37. The molecule has 0 aliphatic rings. The van der Waals surface area contributed by atoms with Crippen LogP contribution in [0.25, 0.3) is 0 Å². The molecule has 0 unspecified atom stereocenters. The number of aromatic nitrogens is 1. The quantitative estimate of drug-likeness (QED) is 0.884. The van der Waals surface area contributed by atoms with Crippen LogP contribution in [-0.4, -0.2) is 22.8 Å². The molecule has 1 N–H and O–H groups in total. The van der Waals surface area contributed by atoms with E-state index in [9.17, 15) is 9.59 Å². The number of rotatable bonds is 6.